The number of halogens is 5. The third-order valence-corrected chi connectivity index (χ3v) is 3.50. The Kier molecular flexibility index (Phi) is 5.95. The quantitative estimate of drug-likeness (QED) is 0.715. The average Bonchev–Trinajstić information content (AvgIpc) is 2.92. The van der Waals surface area contributed by atoms with Crippen LogP contribution in [0.3, 0.4) is 0 Å². The largest absolute Gasteiger partial charge is 0.421 e. The Morgan fingerprint density at radius 1 is 1.27 bits per heavy atom. The minimum atomic E-state index is -4.59. The van der Waals surface area contributed by atoms with Crippen molar-refractivity contribution in [3.8, 4) is 0 Å². The van der Waals surface area contributed by atoms with Crippen LogP contribution in [0.15, 0.2) is 12.4 Å². The van der Waals surface area contributed by atoms with E-state index >= 15 is 0 Å². The highest BCUT2D eigenvalue weighted by Gasteiger charge is 2.35. The molecule has 7 nitrogen and oxygen atoms in total. The van der Waals surface area contributed by atoms with Gasteiger partial charge in [0, 0.05) is 13.2 Å². The molecule has 2 aromatic rings. The van der Waals surface area contributed by atoms with Crippen molar-refractivity contribution in [1.82, 2.24) is 19.7 Å². The zero-order chi connectivity index (χ0) is 19.5. The van der Waals surface area contributed by atoms with Crippen LogP contribution in [0.2, 0.25) is 0 Å². The molecule has 12 heteroatoms. The molecule has 2 heterocycles. The Labute approximate surface area is 145 Å². The van der Waals surface area contributed by atoms with E-state index in [-0.39, 0.29) is 18.4 Å². The molecule has 0 unspecified atom stereocenters. The second kappa shape index (κ2) is 7.81. The van der Waals surface area contributed by atoms with Crippen LogP contribution in [0.4, 0.5) is 39.4 Å². The van der Waals surface area contributed by atoms with Crippen LogP contribution in [0.5, 0.6) is 0 Å². The van der Waals surface area contributed by atoms with Gasteiger partial charge in [-0.15, -0.1) is 0 Å². The lowest BCUT2D eigenvalue weighted by molar-refractivity contribution is -0.137. The van der Waals surface area contributed by atoms with Crippen LogP contribution in [-0.4, -0.2) is 40.0 Å². The van der Waals surface area contributed by atoms with Crippen LogP contribution < -0.4 is 10.6 Å². The van der Waals surface area contributed by atoms with Gasteiger partial charge in [0.1, 0.15) is 11.4 Å². The number of ether oxygens (including phenoxy) is 1. The summed E-state index contributed by atoms with van der Waals surface area (Å²) in [6.45, 7) is 0.170. The van der Waals surface area contributed by atoms with E-state index in [0.29, 0.717) is 17.6 Å². The molecule has 0 aliphatic heterocycles. The zero-order valence-electron chi connectivity index (χ0n) is 14.1. The maximum Gasteiger partial charge on any atom is 0.421 e. The predicted molar refractivity (Wildman–Crippen MR) is 83.5 cm³/mol. The lowest BCUT2D eigenvalue weighted by Crippen LogP contribution is -2.17. The Balaban J connectivity index is 2.19. The Morgan fingerprint density at radius 3 is 2.54 bits per heavy atom. The number of nitrogens with zero attached hydrogens (tertiary/aromatic N) is 4. The molecule has 2 N–H and O–H groups in total. The fraction of sp³-hybridized carbons (Fsp3) is 0.500. The summed E-state index contributed by atoms with van der Waals surface area (Å²) in [5.41, 5.74) is -0.00341. The van der Waals surface area contributed by atoms with E-state index in [9.17, 15) is 22.0 Å². The monoisotopic (exact) mass is 380 g/mol. The van der Waals surface area contributed by atoms with Gasteiger partial charge < -0.3 is 15.4 Å². The normalized spacial score (nSPS) is 13.1. The van der Waals surface area contributed by atoms with Crippen molar-refractivity contribution in [3.63, 3.8) is 0 Å². The predicted octanol–water partition coefficient (Wildman–Crippen LogP) is 3.59. The van der Waals surface area contributed by atoms with E-state index in [4.69, 9.17) is 0 Å². The van der Waals surface area contributed by atoms with Crippen LogP contribution in [0.25, 0.3) is 0 Å². The molecule has 0 radical (unpaired) electrons. The third kappa shape index (κ3) is 4.56. The molecular formula is C14H17F5N6O. The number of hydrogen-bond acceptors (Lipinski definition) is 6. The number of alkyl halides is 5. The molecule has 0 fully saturated rings. The maximum atomic E-state index is 12.9. The van der Waals surface area contributed by atoms with Crippen LogP contribution >= 0.6 is 0 Å². The highest BCUT2D eigenvalue weighted by Crippen LogP contribution is 2.34. The molecule has 0 spiro atoms. The average molecular weight is 380 g/mol. The summed E-state index contributed by atoms with van der Waals surface area (Å²) >= 11 is 0. The van der Waals surface area contributed by atoms with E-state index in [2.05, 4.69) is 30.4 Å². The Hall–Kier alpha value is -2.50. The highest BCUT2D eigenvalue weighted by atomic mass is 19.4. The molecular weight excluding hydrogens is 363 g/mol. The van der Waals surface area contributed by atoms with Crippen molar-refractivity contribution in [1.29, 1.82) is 0 Å². The lowest BCUT2D eigenvalue weighted by atomic mass is 10.3. The van der Waals surface area contributed by atoms with Gasteiger partial charge in [-0.1, -0.05) is 0 Å². The topological polar surface area (TPSA) is 76.9 Å². The van der Waals surface area contributed by atoms with Gasteiger partial charge in [-0.2, -0.15) is 32.0 Å². The number of aromatic nitrogens is 4. The second-order valence-corrected chi connectivity index (χ2v) is 5.36. The number of nitrogens with one attached hydrogen (secondary N) is 2. The Bertz CT molecular complexity index is 748. The standard InChI is InChI=1S/C14H17F5N6O/c1-7(6-26-12(15)16)25-8(2)10(5-22-25)23-13-21-4-9(14(17,18)19)11(20-3)24-13/h4-5,7,12H,6H2,1-3H3,(H2,20,21,23,24)/t7-/m1/s1. The van der Waals surface area contributed by atoms with Gasteiger partial charge in [-0.25, -0.2) is 4.98 Å². The van der Waals surface area contributed by atoms with E-state index in [1.54, 1.807) is 13.8 Å². The molecule has 0 bridgehead atoms. The van der Waals surface area contributed by atoms with Crippen LogP contribution in [0, 0.1) is 6.92 Å². The summed E-state index contributed by atoms with van der Waals surface area (Å²) in [5, 5.41) is 9.21. The summed E-state index contributed by atoms with van der Waals surface area (Å²) in [6.07, 6.45) is -2.52. The smallest absolute Gasteiger partial charge is 0.372 e. The molecule has 0 aromatic carbocycles. The first kappa shape index (κ1) is 19.8. The van der Waals surface area contributed by atoms with E-state index < -0.39 is 24.4 Å². The lowest BCUT2D eigenvalue weighted by Gasteiger charge is -2.15. The second-order valence-electron chi connectivity index (χ2n) is 5.36. The molecule has 0 aliphatic carbocycles. The maximum absolute atomic E-state index is 12.9. The molecule has 1 atom stereocenters. The number of anilines is 3. The first-order valence-electron chi connectivity index (χ1n) is 7.46. The third-order valence-electron chi connectivity index (χ3n) is 3.50. The fourth-order valence-electron chi connectivity index (χ4n) is 2.23. The van der Waals surface area contributed by atoms with Crippen molar-refractivity contribution >= 4 is 17.5 Å². The molecule has 0 amide bonds. The first-order chi connectivity index (χ1) is 12.1. The molecule has 0 aliphatic rings. The van der Waals surface area contributed by atoms with Crippen molar-refractivity contribution in [2.75, 3.05) is 24.3 Å². The summed E-state index contributed by atoms with van der Waals surface area (Å²) in [7, 11) is 1.31. The molecule has 2 aromatic heterocycles. The van der Waals surface area contributed by atoms with Gasteiger partial charge in [-0.05, 0) is 13.8 Å². The molecule has 26 heavy (non-hydrogen) atoms. The van der Waals surface area contributed by atoms with E-state index in [0.717, 1.165) is 0 Å². The summed E-state index contributed by atoms with van der Waals surface area (Å²) in [4.78, 5) is 7.45. The van der Waals surface area contributed by atoms with Crippen molar-refractivity contribution in [2.45, 2.75) is 32.7 Å². The van der Waals surface area contributed by atoms with Gasteiger partial charge in [-0.3, -0.25) is 4.68 Å². The fourth-order valence-corrected chi connectivity index (χ4v) is 2.23. The molecule has 0 saturated carbocycles. The van der Waals surface area contributed by atoms with Crippen molar-refractivity contribution in [3.05, 3.63) is 23.7 Å². The molecule has 144 valence electrons. The van der Waals surface area contributed by atoms with E-state index in [1.807, 2.05) is 0 Å². The summed E-state index contributed by atoms with van der Waals surface area (Å²) in [5.74, 6) is -0.444. The van der Waals surface area contributed by atoms with Crippen LogP contribution in [0.1, 0.15) is 24.2 Å². The minimum absolute atomic E-state index is 0.0681. The van der Waals surface area contributed by atoms with Gasteiger partial charge in [0.25, 0.3) is 0 Å². The van der Waals surface area contributed by atoms with Gasteiger partial charge >= 0.3 is 12.8 Å². The summed E-state index contributed by atoms with van der Waals surface area (Å²) in [6, 6.07) is -0.471. The van der Waals surface area contributed by atoms with E-state index in [1.165, 1.54) is 17.9 Å². The molecule has 0 saturated heterocycles. The Morgan fingerprint density at radius 2 is 1.96 bits per heavy atom. The number of rotatable bonds is 7. The first-order valence-corrected chi connectivity index (χ1v) is 7.46. The summed E-state index contributed by atoms with van der Waals surface area (Å²) < 4.78 is 68.5. The van der Waals surface area contributed by atoms with Crippen LogP contribution in [-0.2, 0) is 10.9 Å². The van der Waals surface area contributed by atoms with Crippen molar-refractivity contribution in [2.24, 2.45) is 0 Å². The molecule has 2 rings (SSSR count). The SMILES string of the molecule is CNc1nc(Nc2cnn([C@H](C)COC(F)F)c2C)ncc1C(F)(F)F. The van der Waals surface area contributed by atoms with Gasteiger partial charge in [0.2, 0.25) is 5.95 Å². The highest BCUT2D eigenvalue weighted by molar-refractivity contribution is 5.58. The van der Waals surface area contributed by atoms with Gasteiger partial charge in [0.15, 0.2) is 0 Å². The minimum Gasteiger partial charge on any atom is -0.372 e. The van der Waals surface area contributed by atoms with Gasteiger partial charge in [0.05, 0.1) is 30.2 Å². The van der Waals surface area contributed by atoms with Crippen molar-refractivity contribution < 1.29 is 26.7 Å². The number of hydrogen-bond donors (Lipinski definition) is 2. The zero-order valence-corrected chi connectivity index (χ0v) is 14.1.